The van der Waals surface area contributed by atoms with Gasteiger partial charge in [-0.3, -0.25) is 9.59 Å². The number of alkyl halides is 2. The van der Waals surface area contributed by atoms with E-state index < -0.39 is 12.5 Å². The number of anilines is 2. The summed E-state index contributed by atoms with van der Waals surface area (Å²) in [4.78, 5) is 24.8. The molecule has 0 saturated heterocycles. The fourth-order valence-electron chi connectivity index (χ4n) is 2.63. The van der Waals surface area contributed by atoms with Crippen molar-refractivity contribution in [2.75, 3.05) is 17.7 Å². The highest BCUT2D eigenvalue weighted by Gasteiger charge is 2.15. The molecule has 0 aromatic heterocycles. The summed E-state index contributed by atoms with van der Waals surface area (Å²) >= 11 is 0. The minimum absolute atomic E-state index is 0.0286. The van der Waals surface area contributed by atoms with Crippen LogP contribution in [0.15, 0.2) is 72.8 Å². The van der Waals surface area contributed by atoms with Gasteiger partial charge in [-0.1, -0.05) is 12.1 Å². The van der Waals surface area contributed by atoms with Crippen LogP contribution in [0.4, 0.5) is 20.2 Å². The van der Waals surface area contributed by atoms with E-state index in [-0.39, 0.29) is 17.2 Å². The Balaban J connectivity index is 1.65. The van der Waals surface area contributed by atoms with Crippen molar-refractivity contribution < 1.29 is 27.8 Å². The van der Waals surface area contributed by atoms with Crippen molar-refractivity contribution in [2.45, 2.75) is 6.61 Å². The van der Waals surface area contributed by atoms with E-state index in [1.807, 2.05) is 0 Å². The smallest absolute Gasteiger partial charge is 0.387 e. The van der Waals surface area contributed by atoms with Crippen molar-refractivity contribution in [3.8, 4) is 11.5 Å². The lowest BCUT2D eigenvalue weighted by molar-refractivity contribution is -0.0501. The molecular weight excluding hydrogens is 394 g/mol. The van der Waals surface area contributed by atoms with Gasteiger partial charge in [-0.05, 0) is 60.7 Å². The Morgan fingerprint density at radius 1 is 0.800 bits per heavy atom. The summed E-state index contributed by atoms with van der Waals surface area (Å²) in [5, 5.41) is 5.34. The molecule has 3 aromatic rings. The summed E-state index contributed by atoms with van der Waals surface area (Å²) < 4.78 is 34.5. The number of hydrogen-bond donors (Lipinski definition) is 2. The number of hydrogen-bond acceptors (Lipinski definition) is 4. The number of carbonyl (C=O) groups is 2. The average molecular weight is 412 g/mol. The molecule has 0 saturated carbocycles. The fourth-order valence-corrected chi connectivity index (χ4v) is 2.63. The van der Waals surface area contributed by atoms with Crippen LogP contribution in [0.5, 0.6) is 11.5 Å². The Morgan fingerprint density at radius 2 is 1.37 bits per heavy atom. The van der Waals surface area contributed by atoms with E-state index in [2.05, 4.69) is 15.4 Å². The molecule has 8 heteroatoms. The van der Waals surface area contributed by atoms with Gasteiger partial charge in [-0.15, -0.1) is 0 Å². The Hall–Kier alpha value is -3.94. The maximum atomic E-state index is 12.5. The Labute approximate surface area is 171 Å². The van der Waals surface area contributed by atoms with E-state index in [4.69, 9.17) is 4.74 Å². The van der Waals surface area contributed by atoms with Crippen LogP contribution in [0.1, 0.15) is 20.7 Å². The van der Waals surface area contributed by atoms with Crippen molar-refractivity contribution in [3.05, 3.63) is 83.9 Å². The number of nitrogens with one attached hydrogen (secondary N) is 2. The van der Waals surface area contributed by atoms with E-state index >= 15 is 0 Å². The summed E-state index contributed by atoms with van der Waals surface area (Å²) in [5.74, 6) is -0.482. The molecule has 154 valence electrons. The first-order chi connectivity index (χ1) is 14.5. The van der Waals surface area contributed by atoms with E-state index in [0.29, 0.717) is 22.7 Å². The monoisotopic (exact) mass is 412 g/mol. The highest BCUT2D eigenvalue weighted by molar-refractivity contribution is 6.07. The lowest BCUT2D eigenvalue weighted by Crippen LogP contribution is -2.15. The first kappa shape index (κ1) is 20.8. The normalized spacial score (nSPS) is 10.4. The predicted octanol–water partition coefficient (Wildman–Crippen LogP) is 4.80. The van der Waals surface area contributed by atoms with Gasteiger partial charge in [0, 0.05) is 16.9 Å². The third-order valence-corrected chi connectivity index (χ3v) is 4.10. The van der Waals surface area contributed by atoms with Gasteiger partial charge < -0.3 is 20.1 Å². The summed E-state index contributed by atoms with van der Waals surface area (Å²) in [7, 11) is 1.55. The van der Waals surface area contributed by atoms with Crippen LogP contribution in [0.2, 0.25) is 0 Å². The standard InChI is InChI=1S/C22H18F2N2O4/c1-29-17-12-10-16(11-13-17)25-20(27)14-6-8-15(9-7-14)26-21(28)18-4-2-3-5-19(18)30-22(23)24/h2-13,22H,1H3,(H,25,27)(H,26,28). The molecule has 0 heterocycles. The molecule has 0 aliphatic carbocycles. The molecule has 0 fully saturated rings. The molecule has 2 N–H and O–H groups in total. The Bertz CT molecular complexity index is 1020. The number of carbonyl (C=O) groups excluding carboxylic acids is 2. The van der Waals surface area contributed by atoms with E-state index in [9.17, 15) is 18.4 Å². The summed E-state index contributed by atoms with van der Waals surface area (Å²) in [6, 6.07) is 18.7. The molecule has 0 radical (unpaired) electrons. The van der Waals surface area contributed by atoms with Crippen LogP contribution in [0, 0.1) is 0 Å². The van der Waals surface area contributed by atoms with Gasteiger partial charge in [-0.2, -0.15) is 8.78 Å². The minimum Gasteiger partial charge on any atom is -0.497 e. The molecule has 0 aliphatic heterocycles. The first-order valence-electron chi connectivity index (χ1n) is 8.87. The van der Waals surface area contributed by atoms with Crippen LogP contribution in [0.25, 0.3) is 0 Å². The van der Waals surface area contributed by atoms with E-state index in [0.717, 1.165) is 0 Å². The highest BCUT2D eigenvalue weighted by Crippen LogP contribution is 2.22. The number of methoxy groups -OCH3 is 1. The number of benzene rings is 3. The lowest BCUT2D eigenvalue weighted by Gasteiger charge is -2.11. The van der Waals surface area contributed by atoms with Crippen molar-refractivity contribution >= 4 is 23.2 Å². The van der Waals surface area contributed by atoms with Gasteiger partial charge in [0.25, 0.3) is 11.8 Å². The molecule has 0 aliphatic rings. The molecule has 0 bridgehead atoms. The van der Waals surface area contributed by atoms with Crippen molar-refractivity contribution in [3.63, 3.8) is 0 Å². The fraction of sp³-hybridized carbons (Fsp3) is 0.0909. The Morgan fingerprint density at radius 3 is 1.97 bits per heavy atom. The number of halogens is 2. The van der Waals surface area contributed by atoms with Gasteiger partial charge in [0.2, 0.25) is 0 Å². The zero-order valence-electron chi connectivity index (χ0n) is 15.9. The SMILES string of the molecule is COc1ccc(NC(=O)c2ccc(NC(=O)c3ccccc3OC(F)F)cc2)cc1. The van der Waals surface area contributed by atoms with Gasteiger partial charge >= 0.3 is 6.61 Å². The number of ether oxygens (including phenoxy) is 2. The molecule has 30 heavy (non-hydrogen) atoms. The number of para-hydroxylation sites is 1. The van der Waals surface area contributed by atoms with Gasteiger partial charge in [0.15, 0.2) is 0 Å². The van der Waals surface area contributed by atoms with Crippen LogP contribution in [-0.2, 0) is 0 Å². The van der Waals surface area contributed by atoms with Crippen LogP contribution in [0.3, 0.4) is 0 Å². The second kappa shape index (κ2) is 9.51. The summed E-state index contributed by atoms with van der Waals surface area (Å²) in [5.41, 5.74) is 1.35. The summed E-state index contributed by atoms with van der Waals surface area (Å²) in [6.45, 7) is -3.04. The maximum Gasteiger partial charge on any atom is 0.387 e. The second-order valence-corrected chi connectivity index (χ2v) is 6.09. The Kier molecular flexibility index (Phi) is 6.59. The van der Waals surface area contributed by atoms with Crippen molar-refractivity contribution in [2.24, 2.45) is 0 Å². The summed E-state index contributed by atoms with van der Waals surface area (Å²) in [6.07, 6.45) is 0. The van der Waals surface area contributed by atoms with Crippen molar-refractivity contribution in [1.82, 2.24) is 0 Å². The largest absolute Gasteiger partial charge is 0.497 e. The number of rotatable bonds is 7. The molecule has 6 nitrogen and oxygen atoms in total. The quantitative estimate of drug-likeness (QED) is 0.584. The molecule has 2 amide bonds. The van der Waals surface area contributed by atoms with E-state index in [1.165, 1.54) is 42.5 Å². The van der Waals surface area contributed by atoms with Gasteiger partial charge in [0.05, 0.1) is 12.7 Å². The molecule has 0 unspecified atom stereocenters. The van der Waals surface area contributed by atoms with Crippen molar-refractivity contribution in [1.29, 1.82) is 0 Å². The molecule has 0 atom stereocenters. The van der Waals surface area contributed by atoms with Gasteiger partial charge in [-0.25, -0.2) is 0 Å². The van der Waals surface area contributed by atoms with Gasteiger partial charge in [0.1, 0.15) is 11.5 Å². The van der Waals surface area contributed by atoms with Crippen LogP contribution in [-0.4, -0.2) is 25.5 Å². The van der Waals surface area contributed by atoms with E-state index in [1.54, 1.807) is 37.4 Å². The zero-order chi connectivity index (χ0) is 21.5. The van der Waals surface area contributed by atoms with Crippen LogP contribution < -0.4 is 20.1 Å². The number of amides is 2. The third kappa shape index (κ3) is 5.32. The molecule has 3 aromatic carbocycles. The average Bonchev–Trinajstić information content (AvgIpc) is 2.74. The first-order valence-corrected chi connectivity index (χ1v) is 8.87. The third-order valence-electron chi connectivity index (χ3n) is 4.10. The minimum atomic E-state index is -3.04. The molecular formula is C22H18F2N2O4. The molecule has 3 rings (SSSR count). The molecule has 0 spiro atoms. The van der Waals surface area contributed by atoms with Crippen LogP contribution >= 0.6 is 0 Å². The predicted molar refractivity (Wildman–Crippen MR) is 108 cm³/mol. The lowest BCUT2D eigenvalue weighted by atomic mass is 10.1. The maximum absolute atomic E-state index is 12.5. The second-order valence-electron chi connectivity index (χ2n) is 6.09. The topological polar surface area (TPSA) is 76.7 Å². The zero-order valence-corrected chi connectivity index (χ0v) is 15.9. The highest BCUT2D eigenvalue weighted by atomic mass is 19.3.